The highest BCUT2D eigenvalue weighted by molar-refractivity contribution is 5.82. The van der Waals surface area contributed by atoms with Crippen LogP contribution in [0, 0.1) is 10.1 Å². The zero-order valence-corrected chi connectivity index (χ0v) is 10.7. The first kappa shape index (κ1) is 13.3. The van der Waals surface area contributed by atoms with E-state index in [1.165, 1.54) is 6.07 Å². The molecular weight excluding hydrogens is 250 g/mol. The molecule has 1 aromatic carbocycles. The minimum atomic E-state index is -0.493. The number of carbonyl (C=O) groups excluding carboxylic acids is 1. The monoisotopic (exact) mass is 265 g/mol. The standard InChI is InChI=1S/C13H15NO5/c1-2-3-10(15)6-9-7-12-13(19-5-4-18-12)8-11(9)14(16)17/h7-8H,2-6H2,1H3. The van der Waals surface area contributed by atoms with Gasteiger partial charge >= 0.3 is 0 Å². The van der Waals surface area contributed by atoms with Crippen molar-refractivity contribution in [2.45, 2.75) is 26.2 Å². The Labute approximate surface area is 110 Å². The van der Waals surface area contributed by atoms with Gasteiger partial charge in [-0.25, -0.2) is 0 Å². The highest BCUT2D eigenvalue weighted by atomic mass is 16.6. The van der Waals surface area contributed by atoms with Gasteiger partial charge in [0.05, 0.1) is 11.0 Å². The number of Topliss-reactive ketones (excluding diaryl/α,β-unsaturated/α-hetero) is 1. The second-order valence-corrected chi connectivity index (χ2v) is 4.35. The van der Waals surface area contributed by atoms with E-state index >= 15 is 0 Å². The van der Waals surface area contributed by atoms with E-state index in [1.807, 2.05) is 6.92 Å². The number of ketones is 1. The molecule has 0 aliphatic carbocycles. The maximum Gasteiger partial charge on any atom is 0.277 e. The van der Waals surface area contributed by atoms with Gasteiger partial charge in [0.15, 0.2) is 11.5 Å². The van der Waals surface area contributed by atoms with Gasteiger partial charge in [0, 0.05) is 18.4 Å². The van der Waals surface area contributed by atoms with Gasteiger partial charge in [0.2, 0.25) is 0 Å². The zero-order chi connectivity index (χ0) is 13.8. The second kappa shape index (κ2) is 5.69. The average molecular weight is 265 g/mol. The van der Waals surface area contributed by atoms with Gasteiger partial charge in [0.25, 0.3) is 5.69 Å². The van der Waals surface area contributed by atoms with Crippen LogP contribution in [-0.2, 0) is 11.2 Å². The summed E-state index contributed by atoms with van der Waals surface area (Å²) < 4.78 is 10.7. The average Bonchev–Trinajstić information content (AvgIpc) is 2.38. The van der Waals surface area contributed by atoms with Crippen molar-refractivity contribution in [2.24, 2.45) is 0 Å². The molecule has 1 aromatic rings. The fourth-order valence-corrected chi connectivity index (χ4v) is 2.01. The Morgan fingerprint density at radius 2 is 1.95 bits per heavy atom. The summed E-state index contributed by atoms with van der Waals surface area (Å²) in [5, 5.41) is 11.0. The van der Waals surface area contributed by atoms with Crippen LogP contribution in [0.3, 0.4) is 0 Å². The first-order valence-corrected chi connectivity index (χ1v) is 6.20. The third kappa shape index (κ3) is 3.01. The van der Waals surface area contributed by atoms with Crippen molar-refractivity contribution in [3.63, 3.8) is 0 Å². The minimum Gasteiger partial charge on any atom is -0.486 e. The Hall–Kier alpha value is -2.11. The van der Waals surface area contributed by atoms with Crippen LogP contribution >= 0.6 is 0 Å². The largest absolute Gasteiger partial charge is 0.486 e. The number of benzene rings is 1. The molecule has 6 nitrogen and oxygen atoms in total. The lowest BCUT2D eigenvalue weighted by molar-refractivity contribution is -0.385. The molecule has 1 heterocycles. The molecule has 0 fully saturated rings. The molecule has 0 amide bonds. The number of fused-ring (bicyclic) bond motifs is 1. The number of nitro benzene ring substituents is 1. The first-order chi connectivity index (χ1) is 9.11. The van der Waals surface area contributed by atoms with Gasteiger partial charge in [-0.05, 0) is 12.5 Å². The highest BCUT2D eigenvalue weighted by Crippen LogP contribution is 2.36. The predicted molar refractivity (Wildman–Crippen MR) is 67.7 cm³/mol. The van der Waals surface area contributed by atoms with Crippen LogP contribution in [0.4, 0.5) is 5.69 Å². The number of nitro groups is 1. The maximum atomic E-state index is 11.7. The summed E-state index contributed by atoms with van der Waals surface area (Å²) in [4.78, 5) is 22.2. The SMILES string of the molecule is CCCC(=O)Cc1cc2c(cc1[N+](=O)[O-])OCCO2. The zero-order valence-electron chi connectivity index (χ0n) is 10.7. The Morgan fingerprint density at radius 1 is 1.32 bits per heavy atom. The van der Waals surface area contributed by atoms with E-state index in [1.54, 1.807) is 6.07 Å². The Morgan fingerprint density at radius 3 is 2.53 bits per heavy atom. The van der Waals surface area contributed by atoms with Gasteiger partial charge in [-0.1, -0.05) is 6.92 Å². The predicted octanol–water partition coefficient (Wildman–Crippen LogP) is 2.28. The molecule has 2 rings (SSSR count). The van der Waals surface area contributed by atoms with Crippen LogP contribution in [-0.4, -0.2) is 23.9 Å². The summed E-state index contributed by atoms with van der Waals surface area (Å²) in [6.45, 7) is 2.68. The van der Waals surface area contributed by atoms with Crippen molar-refractivity contribution in [1.82, 2.24) is 0 Å². The lowest BCUT2D eigenvalue weighted by Crippen LogP contribution is -2.16. The first-order valence-electron chi connectivity index (χ1n) is 6.20. The van der Waals surface area contributed by atoms with Crippen LogP contribution in [0.2, 0.25) is 0 Å². The molecule has 6 heteroatoms. The molecule has 102 valence electrons. The molecular formula is C13H15NO5. The van der Waals surface area contributed by atoms with Gasteiger partial charge in [0.1, 0.15) is 19.0 Å². The molecule has 0 saturated carbocycles. The minimum absolute atomic E-state index is 0.0118. The van der Waals surface area contributed by atoms with Gasteiger partial charge in [-0.2, -0.15) is 0 Å². The van der Waals surface area contributed by atoms with Crippen molar-refractivity contribution >= 4 is 11.5 Å². The molecule has 1 aliphatic heterocycles. The van der Waals surface area contributed by atoms with Crippen molar-refractivity contribution in [3.8, 4) is 11.5 Å². The summed E-state index contributed by atoms with van der Waals surface area (Å²) >= 11 is 0. The van der Waals surface area contributed by atoms with E-state index in [4.69, 9.17) is 9.47 Å². The normalized spacial score (nSPS) is 13.1. The number of nitrogens with zero attached hydrogens (tertiary/aromatic N) is 1. The van der Waals surface area contributed by atoms with Crippen LogP contribution in [0.25, 0.3) is 0 Å². The summed E-state index contributed by atoms with van der Waals surface area (Å²) in [5.41, 5.74) is 0.293. The van der Waals surface area contributed by atoms with E-state index in [0.29, 0.717) is 36.7 Å². The van der Waals surface area contributed by atoms with Crippen LogP contribution in [0.5, 0.6) is 11.5 Å². The number of carbonyl (C=O) groups is 1. The van der Waals surface area contributed by atoms with Crippen molar-refractivity contribution in [2.75, 3.05) is 13.2 Å². The van der Waals surface area contributed by atoms with Crippen LogP contribution < -0.4 is 9.47 Å². The summed E-state index contributed by atoms with van der Waals surface area (Å²) in [6.07, 6.45) is 1.21. The number of ether oxygens (including phenoxy) is 2. The number of hydrogen-bond donors (Lipinski definition) is 0. The molecule has 0 spiro atoms. The fraction of sp³-hybridized carbons (Fsp3) is 0.462. The van der Waals surface area contributed by atoms with Crippen molar-refractivity contribution in [3.05, 3.63) is 27.8 Å². The summed E-state index contributed by atoms with van der Waals surface area (Å²) in [7, 11) is 0. The third-order valence-electron chi connectivity index (χ3n) is 2.86. The molecule has 0 bridgehead atoms. The van der Waals surface area contributed by atoms with E-state index in [2.05, 4.69) is 0 Å². The van der Waals surface area contributed by atoms with E-state index in [-0.39, 0.29) is 17.9 Å². The molecule has 0 atom stereocenters. The van der Waals surface area contributed by atoms with E-state index in [0.717, 1.165) is 6.42 Å². The van der Waals surface area contributed by atoms with E-state index in [9.17, 15) is 14.9 Å². The van der Waals surface area contributed by atoms with Crippen LogP contribution in [0.15, 0.2) is 12.1 Å². The number of rotatable bonds is 5. The van der Waals surface area contributed by atoms with Crippen molar-refractivity contribution in [1.29, 1.82) is 0 Å². The van der Waals surface area contributed by atoms with Gasteiger partial charge in [-0.15, -0.1) is 0 Å². The Bertz CT molecular complexity index is 512. The highest BCUT2D eigenvalue weighted by Gasteiger charge is 2.23. The maximum absolute atomic E-state index is 11.7. The summed E-state index contributed by atoms with van der Waals surface area (Å²) in [5.74, 6) is 0.822. The molecule has 0 saturated heterocycles. The lowest BCUT2D eigenvalue weighted by atomic mass is 10.0. The molecule has 0 N–H and O–H groups in total. The third-order valence-corrected chi connectivity index (χ3v) is 2.86. The van der Waals surface area contributed by atoms with E-state index < -0.39 is 4.92 Å². The second-order valence-electron chi connectivity index (χ2n) is 4.35. The fourth-order valence-electron chi connectivity index (χ4n) is 2.01. The molecule has 1 aliphatic rings. The Balaban J connectivity index is 2.34. The van der Waals surface area contributed by atoms with Gasteiger partial charge < -0.3 is 9.47 Å². The molecule has 0 aromatic heterocycles. The molecule has 19 heavy (non-hydrogen) atoms. The number of hydrogen-bond acceptors (Lipinski definition) is 5. The van der Waals surface area contributed by atoms with Crippen LogP contribution in [0.1, 0.15) is 25.3 Å². The topological polar surface area (TPSA) is 78.7 Å². The summed E-state index contributed by atoms with van der Waals surface area (Å²) in [6, 6.07) is 2.88. The van der Waals surface area contributed by atoms with Crippen molar-refractivity contribution < 1.29 is 19.2 Å². The Kier molecular flexibility index (Phi) is 3.99. The molecule has 0 radical (unpaired) electrons. The lowest BCUT2D eigenvalue weighted by Gasteiger charge is -2.18. The van der Waals surface area contributed by atoms with Gasteiger partial charge in [-0.3, -0.25) is 14.9 Å². The molecule has 0 unspecified atom stereocenters. The smallest absolute Gasteiger partial charge is 0.277 e. The quantitative estimate of drug-likeness (QED) is 0.602.